The lowest BCUT2D eigenvalue weighted by Gasteiger charge is -2.24. The lowest BCUT2D eigenvalue weighted by molar-refractivity contribution is 0.0768. The fourth-order valence-electron chi connectivity index (χ4n) is 1.50. The van der Waals surface area contributed by atoms with Crippen LogP contribution in [-0.4, -0.2) is 19.8 Å². The van der Waals surface area contributed by atoms with E-state index in [0.29, 0.717) is 6.04 Å². The summed E-state index contributed by atoms with van der Waals surface area (Å²) in [7, 11) is 0. The van der Waals surface area contributed by atoms with E-state index in [0.717, 1.165) is 19.8 Å². The summed E-state index contributed by atoms with van der Waals surface area (Å²) in [4.78, 5) is 0. The van der Waals surface area contributed by atoms with Crippen LogP contribution in [0.1, 0.15) is 11.6 Å². The first kappa shape index (κ1) is 12.2. The Labute approximate surface area is 104 Å². The van der Waals surface area contributed by atoms with E-state index >= 15 is 0 Å². The highest BCUT2D eigenvalue weighted by molar-refractivity contribution is 14.1. The van der Waals surface area contributed by atoms with Gasteiger partial charge in [0.15, 0.2) is 0 Å². The van der Waals surface area contributed by atoms with E-state index in [9.17, 15) is 0 Å². The molecule has 1 aliphatic rings. The van der Waals surface area contributed by atoms with Crippen LogP contribution >= 0.6 is 35.0 Å². The largest absolute Gasteiger partial charge is 0.378 e. The number of hydrogen-bond donors (Lipinski definition) is 1. The molecule has 0 spiro atoms. The number of ether oxygens (including phenoxy) is 1. The molecule has 1 atom stereocenters. The van der Waals surface area contributed by atoms with E-state index in [1.165, 1.54) is 9.13 Å². The molecule has 1 aliphatic heterocycles. The van der Waals surface area contributed by atoms with Crippen molar-refractivity contribution in [3.05, 3.63) is 33.4 Å². The molecule has 0 unspecified atom stereocenters. The summed E-state index contributed by atoms with van der Waals surface area (Å²) in [6, 6.07) is 8.92. The Morgan fingerprint density at radius 3 is 2.93 bits per heavy atom. The van der Waals surface area contributed by atoms with Crippen molar-refractivity contribution >= 4 is 35.0 Å². The molecule has 0 aliphatic carbocycles. The molecule has 1 aromatic rings. The zero-order valence-corrected chi connectivity index (χ0v) is 10.7. The number of morpholine rings is 1. The van der Waals surface area contributed by atoms with Gasteiger partial charge < -0.3 is 10.1 Å². The molecule has 2 nitrogen and oxygen atoms in total. The maximum atomic E-state index is 5.41. The van der Waals surface area contributed by atoms with Gasteiger partial charge in [-0.25, -0.2) is 0 Å². The summed E-state index contributed by atoms with van der Waals surface area (Å²) < 4.78 is 6.69. The van der Waals surface area contributed by atoms with Gasteiger partial charge in [0, 0.05) is 10.1 Å². The van der Waals surface area contributed by atoms with E-state index < -0.39 is 0 Å². The van der Waals surface area contributed by atoms with Gasteiger partial charge in [0.2, 0.25) is 0 Å². The highest BCUT2D eigenvalue weighted by atomic mass is 127. The second-order valence-electron chi connectivity index (χ2n) is 3.14. The van der Waals surface area contributed by atoms with Crippen molar-refractivity contribution in [3.63, 3.8) is 0 Å². The van der Waals surface area contributed by atoms with Crippen LogP contribution in [0.15, 0.2) is 24.3 Å². The van der Waals surface area contributed by atoms with Gasteiger partial charge in [0.1, 0.15) is 0 Å². The molecule has 0 amide bonds. The van der Waals surface area contributed by atoms with Crippen molar-refractivity contribution in [2.75, 3.05) is 19.8 Å². The Bertz CT molecular complexity index is 289. The Hall–Kier alpha value is 0.160. The van der Waals surface area contributed by atoms with Gasteiger partial charge in [-0.2, -0.15) is 0 Å². The molecule has 1 saturated heterocycles. The zero-order valence-electron chi connectivity index (χ0n) is 7.70. The van der Waals surface area contributed by atoms with Crippen molar-refractivity contribution in [3.8, 4) is 0 Å². The standard InChI is InChI=1S/C10H12INO.ClH/c11-9-3-1-2-8(6-9)10-7-13-5-4-12-10;/h1-3,6,10,12H,4-5,7H2;1H/t10-;/m1./s1. The molecule has 1 heterocycles. The molecule has 2 rings (SSSR count). The average molecular weight is 326 g/mol. The van der Waals surface area contributed by atoms with Crippen LogP contribution in [-0.2, 0) is 4.74 Å². The first-order valence-electron chi connectivity index (χ1n) is 4.43. The minimum atomic E-state index is 0. The normalized spacial score (nSPS) is 21.4. The SMILES string of the molecule is Cl.Ic1cccc([C@H]2COCCN2)c1. The van der Waals surface area contributed by atoms with E-state index in [4.69, 9.17) is 4.74 Å². The van der Waals surface area contributed by atoms with Crippen molar-refractivity contribution in [2.45, 2.75) is 6.04 Å². The molecule has 0 radical (unpaired) electrons. The number of rotatable bonds is 1. The molecule has 0 saturated carbocycles. The minimum absolute atomic E-state index is 0. The maximum absolute atomic E-state index is 5.41. The van der Waals surface area contributed by atoms with Gasteiger partial charge in [0.05, 0.1) is 19.3 Å². The van der Waals surface area contributed by atoms with Gasteiger partial charge in [0.25, 0.3) is 0 Å². The fraction of sp³-hybridized carbons (Fsp3) is 0.400. The van der Waals surface area contributed by atoms with Gasteiger partial charge in [-0.15, -0.1) is 12.4 Å². The van der Waals surface area contributed by atoms with Crippen LogP contribution in [0, 0.1) is 3.57 Å². The summed E-state index contributed by atoms with van der Waals surface area (Å²) in [5.41, 5.74) is 1.33. The van der Waals surface area contributed by atoms with Gasteiger partial charge in [-0.3, -0.25) is 0 Å². The Kier molecular flexibility index (Phi) is 5.15. The average Bonchev–Trinajstić information content (AvgIpc) is 2.19. The first-order chi connectivity index (χ1) is 6.36. The molecule has 0 aromatic heterocycles. The third kappa shape index (κ3) is 3.08. The predicted molar refractivity (Wildman–Crippen MR) is 68.0 cm³/mol. The third-order valence-corrected chi connectivity index (χ3v) is 2.84. The zero-order chi connectivity index (χ0) is 9.10. The van der Waals surface area contributed by atoms with Crippen LogP contribution in [0.4, 0.5) is 0 Å². The molecule has 0 bridgehead atoms. The van der Waals surface area contributed by atoms with Crippen molar-refractivity contribution in [1.82, 2.24) is 5.32 Å². The van der Waals surface area contributed by atoms with E-state index in [2.05, 4.69) is 52.2 Å². The van der Waals surface area contributed by atoms with Crippen LogP contribution in [0.5, 0.6) is 0 Å². The molecular weight excluding hydrogens is 312 g/mol. The lowest BCUT2D eigenvalue weighted by atomic mass is 10.1. The second kappa shape index (κ2) is 5.90. The molecule has 78 valence electrons. The first-order valence-corrected chi connectivity index (χ1v) is 5.51. The summed E-state index contributed by atoms with van der Waals surface area (Å²) in [6.45, 7) is 2.58. The topological polar surface area (TPSA) is 21.3 Å². The summed E-state index contributed by atoms with van der Waals surface area (Å²) in [6.07, 6.45) is 0. The van der Waals surface area contributed by atoms with E-state index in [1.54, 1.807) is 0 Å². The number of benzene rings is 1. The molecule has 4 heteroatoms. The monoisotopic (exact) mass is 325 g/mol. The van der Waals surface area contributed by atoms with Crippen molar-refractivity contribution in [2.24, 2.45) is 0 Å². The van der Waals surface area contributed by atoms with Crippen LogP contribution in [0.3, 0.4) is 0 Å². The van der Waals surface area contributed by atoms with E-state index in [-0.39, 0.29) is 12.4 Å². The van der Waals surface area contributed by atoms with Crippen molar-refractivity contribution in [1.29, 1.82) is 0 Å². The van der Waals surface area contributed by atoms with E-state index in [1.807, 2.05) is 0 Å². The summed E-state index contributed by atoms with van der Waals surface area (Å²) >= 11 is 2.33. The third-order valence-electron chi connectivity index (χ3n) is 2.17. The van der Waals surface area contributed by atoms with Crippen molar-refractivity contribution < 1.29 is 4.74 Å². The highest BCUT2D eigenvalue weighted by Crippen LogP contribution is 2.17. The van der Waals surface area contributed by atoms with Crippen LogP contribution in [0.2, 0.25) is 0 Å². The molecule has 14 heavy (non-hydrogen) atoms. The highest BCUT2D eigenvalue weighted by Gasteiger charge is 2.14. The van der Waals surface area contributed by atoms with Crippen LogP contribution in [0.25, 0.3) is 0 Å². The number of nitrogens with one attached hydrogen (secondary N) is 1. The smallest absolute Gasteiger partial charge is 0.0662 e. The van der Waals surface area contributed by atoms with Crippen LogP contribution < -0.4 is 5.32 Å². The Morgan fingerprint density at radius 1 is 1.43 bits per heavy atom. The maximum Gasteiger partial charge on any atom is 0.0662 e. The molecular formula is C10H13ClINO. The van der Waals surface area contributed by atoms with Gasteiger partial charge >= 0.3 is 0 Å². The molecule has 1 N–H and O–H groups in total. The fourth-order valence-corrected chi connectivity index (χ4v) is 2.07. The summed E-state index contributed by atoms with van der Waals surface area (Å²) in [5, 5.41) is 3.43. The number of halogens is 2. The number of hydrogen-bond acceptors (Lipinski definition) is 2. The van der Waals surface area contributed by atoms with Gasteiger partial charge in [-0.05, 0) is 40.3 Å². The minimum Gasteiger partial charge on any atom is -0.378 e. The molecule has 1 fully saturated rings. The van der Waals surface area contributed by atoms with Gasteiger partial charge in [-0.1, -0.05) is 12.1 Å². The Balaban J connectivity index is 0.000000980. The molecule has 1 aromatic carbocycles. The Morgan fingerprint density at radius 2 is 2.29 bits per heavy atom. The lowest BCUT2D eigenvalue weighted by Crippen LogP contribution is -2.34. The quantitative estimate of drug-likeness (QED) is 0.801. The predicted octanol–water partition coefficient (Wildman–Crippen LogP) is 2.37. The summed E-state index contributed by atoms with van der Waals surface area (Å²) in [5.74, 6) is 0. The second-order valence-corrected chi connectivity index (χ2v) is 4.38.